The molecule has 1 N–H and O–H groups in total. The second kappa shape index (κ2) is 6.68. The van der Waals surface area contributed by atoms with Gasteiger partial charge >= 0.3 is 0 Å². The molecule has 0 fully saturated rings. The summed E-state index contributed by atoms with van der Waals surface area (Å²) in [6, 6.07) is 12.4. The Bertz CT molecular complexity index is 557. The van der Waals surface area contributed by atoms with Crippen molar-refractivity contribution < 1.29 is 4.39 Å². The highest BCUT2D eigenvalue weighted by Crippen LogP contribution is 2.28. The van der Waals surface area contributed by atoms with Crippen LogP contribution < -0.4 is 5.32 Å². The van der Waals surface area contributed by atoms with Gasteiger partial charge in [-0.1, -0.05) is 30.7 Å². The molecular weight excluding hydrogens is 376 g/mol. The number of benzene rings is 2. The van der Waals surface area contributed by atoms with Crippen LogP contribution in [-0.2, 0) is 0 Å². The lowest BCUT2D eigenvalue weighted by Gasteiger charge is -2.20. The van der Waals surface area contributed by atoms with Crippen molar-refractivity contribution in [3.05, 3.63) is 68.0 Å². The van der Waals surface area contributed by atoms with Gasteiger partial charge in [-0.3, -0.25) is 0 Å². The largest absolute Gasteiger partial charge is 0.306 e. The molecule has 0 spiro atoms. The highest BCUT2D eigenvalue weighted by molar-refractivity contribution is 14.1. The maximum atomic E-state index is 13.0. The fourth-order valence-electron chi connectivity index (χ4n) is 2.00. The minimum absolute atomic E-state index is 0.0243. The lowest BCUT2D eigenvalue weighted by Crippen LogP contribution is -2.22. The van der Waals surface area contributed by atoms with Crippen molar-refractivity contribution >= 4 is 34.2 Å². The Morgan fingerprint density at radius 2 is 1.89 bits per heavy atom. The van der Waals surface area contributed by atoms with Crippen molar-refractivity contribution in [3.8, 4) is 0 Å². The zero-order valence-electron chi connectivity index (χ0n) is 10.5. The van der Waals surface area contributed by atoms with Gasteiger partial charge < -0.3 is 5.32 Å². The predicted octanol–water partition coefficient (Wildman–Crippen LogP) is 4.78. The summed E-state index contributed by atoms with van der Waals surface area (Å²) in [4.78, 5) is 0. The fraction of sp³-hybridized carbons (Fsp3) is 0.200. The standard InChI is InChI=1S/C15H14ClFIN/c1-2-19-15(10-3-6-12(17)7-4-10)13-9-11(16)5-8-14(13)18/h3-9,15,19H,2H2,1H3. The summed E-state index contributed by atoms with van der Waals surface area (Å²) in [6.45, 7) is 2.87. The second-order valence-corrected chi connectivity index (χ2v) is 5.81. The van der Waals surface area contributed by atoms with Crippen LogP contribution >= 0.6 is 34.2 Å². The Morgan fingerprint density at radius 3 is 2.53 bits per heavy atom. The number of rotatable bonds is 4. The molecule has 2 aromatic carbocycles. The lowest BCUT2D eigenvalue weighted by molar-refractivity contribution is 0.612. The highest BCUT2D eigenvalue weighted by atomic mass is 127. The van der Waals surface area contributed by atoms with E-state index in [9.17, 15) is 4.39 Å². The Morgan fingerprint density at radius 1 is 1.21 bits per heavy atom. The summed E-state index contributed by atoms with van der Waals surface area (Å²) >= 11 is 8.38. The molecule has 1 unspecified atom stereocenters. The van der Waals surface area contributed by atoms with Gasteiger partial charge in [0.2, 0.25) is 0 Å². The Balaban J connectivity index is 2.44. The molecule has 0 aliphatic heterocycles. The summed E-state index contributed by atoms with van der Waals surface area (Å²) in [6.07, 6.45) is 0. The maximum Gasteiger partial charge on any atom is 0.123 e. The van der Waals surface area contributed by atoms with Crippen molar-refractivity contribution in [2.45, 2.75) is 13.0 Å². The quantitative estimate of drug-likeness (QED) is 0.742. The van der Waals surface area contributed by atoms with E-state index in [0.29, 0.717) is 5.02 Å². The summed E-state index contributed by atoms with van der Waals surface area (Å²) in [5.41, 5.74) is 2.14. The molecule has 2 rings (SSSR count). The molecule has 19 heavy (non-hydrogen) atoms. The van der Waals surface area contributed by atoms with Crippen LogP contribution in [0.5, 0.6) is 0 Å². The topological polar surface area (TPSA) is 12.0 Å². The van der Waals surface area contributed by atoms with Crippen molar-refractivity contribution in [3.63, 3.8) is 0 Å². The van der Waals surface area contributed by atoms with E-state index < -0.39 is 0 Å². The fourth-order valence-corrected chi connectivity index (χ4v) is 2.83. The molecule has 0 radical (unpaired) electrons. The monoisotopic (exact) mass is 389 g/mol. The molecule has 100 valence electrons. The second-order valence-electron chi connectivity index (χ2n) is 4.21. The third kappa shape index (κ3) is 3.68. The van der Waals surface area contributed by atoms with Crippen LogP contribution in [0.15, 0.2) is 42.5 Å². The Labute approximate surface area is 131 Å². The van der Waals surface area contributed by atoms with Crippen LogP contribution in [0, 0.1) is 9.39 Å². The normalized spacial score (nSPS) is 12.4. The van der Waals surface area contributed by atoms with Gasteiger partial charge in [-0.25, -0.2) is 4.39 Å². The molecule has 0 amide bonds. The third-order valence-electron chi connectivity index (χ3n) is 2.88. The van der Waals surface area contributed by atoms with Crippen LogP contribution in [0.2, 0.25) is 5.02 Å². The lowest BCUT2D eigenvalue weighted by atomic mass is 9.98. The van der Waals surface area contributed by atoms with Gasteiger partial charge in [-0.15, -0.1) is 0 Å². The van der Waals surface area contributed by atoms with Gasteiger partial charge in [0, 0.05) is 8.59 Å². The summed E-state index contributed by atoms with van der Waals surface area (Å²) in [7, 11) is 0. The van der Waals surface area contributed by atoms with Gasteiger partial charge in [0.25, 0.3) is 0 Å². The van der Waals surface area contributed by atoms with Crippen molar-refractivity contribution in [1.29, 1.82) is 0 Å². The third-order valence-corrected chi connectivity index (χ3v) is 4.10. The van der Waals surface area contributed by atoms with Crippen molar-refractivity contribution in [1.82, 2.24) is 5.32 Å². The number of nitrogens with one attached hydrogen (secondary N) is 1. The van der Waals surface area contributed by atoms with Gasteiger partial charge in [0.15, 0.2) is 0 Å². The molecule has 0 aliphatic carbocycles. The van der Waals surface area contributed by atoms with E-state index in [0.717, 1.165) is 21.2 Å². The van der Waals surface area contributed by atoms with Gasteiger partial charge in [-0.2, -0.15) is 0 Å². The maximum absolute atomic E-state index is 13.0. The van der Waals surface area contributed by atoms with Gasteiger partial charge in [-0.05, 0) is 70.6 Å². The summed E-state index contributed by atoms with van der Waals surface area (Å²) in [5.74, 6) is -0.222. The molecule has 0 heterocycles. The molecule has 1 atom stereocenters. The van der Waals surface area contributed by atoms with E-state index in [-0.39, 0.29) is 11.9 Å². The molecule has 2 aromatic rings. The zero-order chi connectivity index (χ0) is 13.8. The molecule has 0 aliphatic rings. The average Bonchev–Trinajstić information content (AvgIpc) is 2.40. The molecule has 4 heteroatoms. The summed E-state index contributed by atoms with van der Waals surface area (Å²) < 4.78 is 14.2. The van der Waals surface area contributed by atoms with E-state index in [1.54, 1.807) is 12.1 Å². The first-order chi connectivity index (χ1) is 9.11. The zero-order valence-corrected chi connectivity index (χ0v) is 13.4. The first kappa shape index (κ1) is 14.8. The Hall–Kier alpha value is -0.650. The molecule has 1 nitrogen and oxygen atoms in total. The van der Waals surface area contributed by atoms with Crippen LogP contribution in [0.4, 0.5) is 4.39 Å². The van der Waals surface area contributed by atoms with Gasteiger partial charge in [0.1, 0.15) is 5.82 Å². The molecule has 0 bridgehead atoms. The number of halogens is 3. The minimum atomic E-state index is -0.222. The van der Waals surface area contributed by atoms with E-state index in [1.807, 2.05) is 25.1 Å². The first-order valence-electron chi connectivity index (χ1n) is 6.05. The minimum Gasteiger partial charge on any atom is -0.306 e. The smallest absolute Gasteiger partial charge is 0.123 e. The summed E-state index contributed by atoms with van der Waals surface area (Å²) in [5, 5.41) is 4.13. The van der Waals surface area contributed by atoms with Crippen molar-refractivity contribution in [2.75, 3.05) is 6.54 Å². The Kier molecular flexibility index (Phi) is 5.19. The van der Waals surface area contributed by atoms with E-state index >= 15 is 0 Å². The SMILES string of the molecule is CCNC(c1ccc(F)cc1)c1cc(Cl)ccc1I. The average molecular weight is 390 g/mol. The first-order valence-corrected chi connectivity index (χ1v) is 7.51. The van der Waals surface area contributed by atoms with Gasteiger partial charge in [0.05, 0.1) is 6.04 Å². The highest BCUT2D eigenvalue weighted by Gasteiger charge is 2.16. The van der Waals surface area contributed by atoms with Crippen LogP contribution in [0.25, 0.3) is 0 Å². The van der Waals surface area contributed by atoms with E-state index in [1.165, 1.54) is 12.1 Å². The van der Waals surface area contributed by atoms with Crippen LogP contribution in [0.3, 0.4) is 0 Å². The van der Waals surface area contributed by atoms with Crippen LogP contribution in [0.1, 0.15) is 24.1 Å². The molecule has 0 saturated carbocycles. The molecule has 0 saturated heterocycles. The predicted molar refractivity (Wildman–Crippen MR) is 86.1 cm³/mol. The molecule has 0 aromatic heterocycles. The van der Waals surface area contributed by atoms with Crippen LogP contribution in [-0.4, -0.2) is 6.54 Å². The number of hydrogen-bond acceptors (Lipinski definition) is 1. The van der Waals surface area contributed by atoms with Crippen molar-refractivity contribution in [2.24, 2.45) is 0 Å². The van der Waals surface area contributed by atoms with E-state index in [2.05, 4.69) is 27.9 Å². The number of hydrogen-bond donors (Lipinski definition) is 1. The van der Waals surface area contributed by atoms with E-state index in [4.69, 9.17) is 11.6 Å². The molecular formula is C15H14ClFIN.